The summed E-state index contributed by atoms with van der Waals surface area (Å²) >= 11 is 0. The molecule has 122 valence electrons. The molecule has 1 unspecified atom stereocenters. The summed E-state index contributed by atoms with van der Waals surface area (Å²) in [5, 5.41) is 9.32. The molecule has 0 saturated heterocycles. The van der Waals surface area contributed by atoms with Gasteiger partial charge in [-0.25, -0.2) is 0 Å². The lowest BCUT2D eigenvalue weighted by molar-refractivity contribution is -0.131. The maximum atomic E-state index is 12.6. The Hall–Kier alpha value is -2.33. The fourth-order valence-electron chi connectivity index (χ4n) is 2.60. The number of benzene rings is 2. The number of hydrogen-bond acceptors (Lipinski definition) is 3. The van der Waals surface area contributed by atoms with Gasteiger partial charge in [-0.05, 0) is 29.7 Å². The zero-order valence-electron chi connectivity index (χ0n) is 13.6. The number of carbonyl (C=O) groups is 1. The normalized spacial score (nSPS) is 11.8. The average molecular weight is 313 g/mol. The van der Waals surface area contributed by atoms with Gasteiger partial charge in [-0.1, -0.05) is 42.5 Å². The Bertz CT molecular complexity index is 610. The van der Waals surface area contributed by atoms with E-state index in [0.29, 0.717) is 12.8 Å². The third-order valence-corrected chi connectivity index (χ3v) is 3.96. The van der Waals surface area contributed by atoms with Crippen LogP contribution in [0.25, 0.3) is 0 Å². The molecule has 1 atom stereocenters. The first-order valence-corrected chi connectivity index (χ1v) is 7.70. The van der Waals surface area contributed by atoms with Crippen LogP contribution in [0.5, 0.6) is 5.75 Å². The lowest BCUT2D eigenvalue weighted by Crippen LogP contribution is -2.33. The van der Waals surface area contributed by atoms with Crippen molar-refractivity contribution in [2.24, 2.45) is 0 Å². The summed E-state index contributed by atoms with van der Waals surface area (Å²) < 4.78 is 5.13. The van der Waals surface area contributed by atoms with Gasteiger partial charge in [-0.15, -0.1) is 0 Å². The van der Waals surface area contributed by atoms with E-state index in [1.807, 2.05) is 54.6 Å². The number of aliphatic hydroxyl groups is 1. The van der Waals surface area contributed by atoms with E-state index in [2.05, 4.69) is 0 Å². The SMILES string of the molecule is COc1ccc(CC(=O)N(C)C(CCO)c2ccccc2)cc1. The number of methoxy groups -OCH3 is 1. The summed E-state index contributed by atoms with van der Waals surface area (Å²) in [7, 11) is 3.41. The van der Waals surface area contributed by atoms with Crippen LogP contribution in [0.1, 0.15) is 23.6 Å². The van der Waals surface area contributed by atoms with Crippen molar-refractivity contribution in [2.45, 2.75) is 18.9 Å². The van der Waals surface area contributed by atoms with Crippen LogP contribution in [0.2, 0.25) is 0 Å². The second-order valence-electron chi connectivity index (χ2n) is 5.47. The molecule has 0 bridgehead atoms. The lowest BCUT2D eigenvalue weighted by atomic mass is 10.0. The smallest absolute Gasteiger partial charge is 0.227 e. The minimum atomic E-state index is -0.119. The third kappa shape index (κ3) is 4.57. The Morgan fingerprint density at radius 1 is 1.13 bits per heavy atom. The summed E-state index contributed by atoms with van der Waals surface area (Å²) in [6, 6.07) is 17.2. The number of likely N-dealkylation sites (N-methyl/N-ethyl adjacent to an activating group) is 1. The second kappa shape index (κ2) is 8.34. The maximum Gasteiger partial charge on any atom is 0.227 e. The van der Waals surface area contributed by atoms with Gasteiger partial charge in [0.05, 0.1) is 19.6 Å². The van der Waals surface area contributed by atoms with Crippen molar-refractivity contribution in [3.05, 3.63) is 65.7 Å². The van der Waals surface area contributed by atoms with Gasteiger partial charge < -0.3 is 14.7 Å². The van der Waals surface area contributed by atoms with Gasteiger partial charge in [-0.3, -0.25) is 4.79 Å². The molecular weight excluding hydrogens is 290 g/mol. The van der Waals surface area contributed by atoms with Crippen LogP contribution in [0.3, 0.4) is 0 Å². The Morgan fingerprint density at radius 3 is 2.35 bits per heavy atom. The molecule has 1 N–H and O–H groups in total. The molecule has 4 heteroatoms. The number of nitrogens with zero attached hydrogens (tertiary/aromatic N) is 1. The molecule has 0 aliphatic rings. The number of aliphatic hydroxyl groups excluding tert-OH is 1. The minimum Gasteiger partial charge on any atom is -0.497 e. The maximum absolute atomic E-state index is 12.6. The van der Waals surface area contributed by atoms with Crippen LogP contribution >= 0.6 is 0 Å². The quantitative estimate of drug-likeness (QED) is 0.855. The Labute approximate surface area is 137 Å². The predicted molar refractivity (Wildman–Crippen MR) is 90.4 cm³/mol. The van der Waals surface area contributed by atoms with Crippen molar-refractivity contribution in [3.63, 3.8) is 0 Å². The van der Waals surface area contributed by atoms with Gasteiger partial charge in [0.25, 0.3) is 0 Å². The van der Waals surface area contributed by atoms with Crippen LogP contribution in [-0.4, -0.2) is 36.7 Å². The Morgan fingerprint density at radius 2 is 1.78 bits per heavy atom. The van der Waals surface area contributed by atoms with E-state index in [9.17, 15) is 9.90 Å². The highest BCUT2D eigenvalue weighted by Crippen LogP contribution is 2.23. The summed E-state index contributed by atoms with van der Waals surface area (Å²) in [6.07, 6.45) is 0.851. The zero-order valence-corrected chi connectivity index (χ0v) is 13.6. The lowest BCUT2D eigenvalue weighted by Gasteiger charge is -2.28. The number of ether oxygens (including phenoxy) is 1. The Kier molecular flexibility index (Phi) is 6.18. The van der Waals surface area contributed by atoms with Crippen molar-refractivity contribution >= 4 is 5.91 Å². The van der Waals surface area contributed by atoms with E-state index in [1.165, 1.54) is 0 Å². The van der Waals surface area contributed by atoms with Crippen molar-refractivity contribution < 1.29 is 14.6 Å². The van der Waals surface area contributed by atoms with Crippen molar-refractivity contribution in [2.75, 3.05) is 20.8 Å². The van der Waals surface area contributed by atoms with Gasteiger partial charge in [0.2, 0.25) is 5.91 Å². The van der Waals surface area contributed by atoms with E-state index in [-0.39, 0.29) is 18.6 Å². The molecule has 0 fully saturated rings. The van der Waals surface area contributed by atoms with E-state index in [4.69, 9.17) is 4.74 Å². The molecule has 1 amide bonds. The Balaban J connectivity index is 2.09. The second-order valence-corrected chi connectivity index (χ2v) is 5.47. The molecule has 0 aliphatic carbocycles. The van der Waals surface area contributed by atoms with Crippen LogP contribution in [0.15, 0.2) is 54.6 Å². The molecule has 0 radical (unpaired) electrons. The summed E-state index contributed by atoms with van der Waals surface area (Å²) in [6.45, 7) is 0.0414. The van der Waals surface area contributed by atoms with E-state index < -0.39 is 0 Å². The molecule has 23 heavy (non-hydrogen) atoms. The molecule has 2 rings (SSSR count). The van der Waals surface area contributed by atoms with Crippen LogP contribution in [-0.2, 0) is 11.2 Å². The fourth-order valence-corrected chi connectivity index (χ4v) is 2.60. The van der Waals surface area contributed by atoms with E-state index in [0.717, 1.165) is 16.9 Å². The number of hydrogen-bond donors (Lipinski definition) is 1. The van der Waals surface area contributed by atoms with Crippen molar-refractivity contribution in [1.82, 2.24) is 4.90 Å². The molecule has 2 aromatic rings. The van der Waals surface area contributed by atoms with Gasteiger partial charge in [0.15, 0.2) is 0 Å². The highest BCUT2D eigenvalue weighted by molar-refractivity contribution is 5.79. The first kappa shape index (κ1) is 17.0. The zero-order chi connectivity index (χ0) is 16.7. The van der Waals surface area contributed by atoms with Crippen molar-refractivity contribution in [3.8, 4) is 5.75 Å². The summed E-state index contributed by atoms with van der Waals surface area (Å²) in [4.78, 5) is 14.3. The average Bonchev–Trinajstić information content (AvgIpc) is 2.60. The van der Waals surface area contributed by atoms with E-state index >= 15 is 0 Å². The van der Waals surface area contributed by atoms with Gasteiger partial charge in [0, 0.05) is 13.7 Å². The highest BCUT2D eigenvalue weighted by Gasteiger charge is 2.21. The van der Waals surface area contributed by atoms with Crippen LogP contribution < -0.4 is 4.74 Å². The number of amides is 1. The first-order valence-electron chi connectivity index (χ1n) is 7.70. The monoisotopic (exact) mass is 313 g/mol. The predicted octanol–water partition coefficient (Wildman–Crippen LogP) is 2.82. The molecule has 0 saturated carbocycles. The van der Waals surface area contributed by atoms with Gasteiger partial charge in [-0.2, -0.15) is 0 Å². The van der Waals surface area contributed by atoms with E-state index in [1.54, 1.807) is 19.1 Å². The van der Waals surface area contributed by atoms with Gasteiger partial charge >= 0.3 is 0 Å². The molecule has 0 aromatic heterocycles. The molecule has 4 nitrogen and oxygen atoms in total. The largest absolute Gasteiger partial charge is 0.497 e. The van der Waals surface area contributed by atoms with Crippen molar-refractivity contribution in [1.29, 1.82) is 0 Å². The molecule has 2 aromatic carbocycles. The topological polar surface area (TPSA) is 49.8 Å². The van der Waals surface area contributed by atoms with Gasteiger partial charge in [0.1, 0.15) is 5.75 Å². The molecule has 0 aliphatic heterocycles. The highest BCUT2D eigenvalue weighted by atomic mass is 16.5. The molecular formula is C19H23NO3. The molecule has 0 spiro atoms. The fraction of sp³-hybridized carbons (Fsp3) is 0.316. The third-order valence-electron chi connectivity index (χ3n) is 3.96. The number of carbonyl (C=O) groups excluding carboxylic acids is 1. The first-order chi connectivity index (χ1) is 11.2. The summed E-state index contributed by atoms with van der Waals surface area (Å²) in [5.74, 6) is 0.800. The molecule has 0 heterocycles. The minimum absolute atomic E-state index is 0.0254. The van der Waals surface area contributed by atoms with Crippen LogP contribution in [0.4, 0.5) is 0 Å². The summed E-state index contributed by atoms with van der Waals surface area (Å²) in [5.41, 5.74) is 1.98. The standard InChI is InChI=1S/C19H23NO3/c1-20(18(12-13-21)16-6-4-3-5-7-16)19(22)14-15-8-10-17(23-2)11-9-15/h3-11,18,21H,12-14H2,1-2H3. The van der Waals surface area contributed by atoms with Crippen LogP contribution in [0, 0.1) is 0 Å². The number of rotatable bonds is 7.